The predicted octanol–water partition coefficient (Wildman–Crippen LogP) is 2.30. The molecule has 0 bridgehead atoms. The molecule has 0 N–H and O–H groups in total. The molecular formula is C9H14ClN3S. The minimum absolute atomic E-state index is 0.420. The van der Waals surface area contributed by atoms with Gasteiger partial charge in [-0.3, -0.25) is 0 Å². The Morgan fingerprint density at radius 1 is 1.64 bits per heavy atom. The number of halogens is 1. The monoisotopic (exact) mass is 231 g/mol. The molecule has 0 aromatic carbocycles. The largest absolute Gasteiger partial charge is 0.315 e. The summed E-state index contributed by atoms with van der Waals surface area (Å²) < 4.78 is 2.51. The lowest BCUT2D eigenvalue weighted by Gasteiger charge is -2.40. The van der Waals surface area contributed by atoms with Crippen LogP contribution in [0, 0.1) is 0 Å². The van der Waals surface area contributed by atoms with Gasteiger partial charge in [0.25, 0.3) is 0 Å². The van der Waals surface area contributed by atoms with Gasteiger partial charge in [0.15, 0.2) is 0 Å². The van der Waals surface area contributed by atoms with Crippen LogP contribution in [0.2, 0.25) is 0 Å². The third-order valence-corrected chi connectivity index (χ3v) is 4.61. The van der Waals surface area contributed by atoms with Crippen molar-refractivity contribution in [1.29, 1.82) is 0 Å². The molecule has 0 radical (unpaired) electrons. The van der Waals surface area contributed by atoms with Crippen molar-refractivity contribution in [1.82, 2.24) is 14.8 Å². The average molecular weight is 232 g/mol. The first kappa shape index (κ1) is 10.3. The zero-order valence-electron chi connectivity index (χ0n) is 8.24. The lowest BCUT2D eigenvalue weighted by atomic mass is 9.84. The zero-order valence-corrected chi connectivity index (χ0v) is 9.81. The molecule has 14 heavy (non-hydrogen) atoms. The first-order valence-electron chi connectivity index (χ1n) is 4.77. The number of hydrogen-bond donors (Lipinski definition) is 0. The molecule has 1 fully saturated rings. The van der Waals surface area contributed by atoms with E-state index in [0.717, 1.165) is 12.4 Å². The van der Waals surface area contributed by atoms with Crippen molar-refractivity contribution < 1.29 is 0 Å². The maximum Gasteiger partial charge on any atom is 0.147 e. The summed E-state index contributed by atoms with van der Waals surface area (Å²) in [5.41, 5.74) is 0. The fourth-order valence-electron chi connectivity index (χ4n) is 1.82. The molecule has 0 atom stereocenters. The molecule has 1 aliphatic rings. The van der Waals surface area contributed by atoms with Crippen LogP contribution in [0.1, 0.15) is 25.1 Å². The minimum Gasteiger partial charge on any atom is -0.315 e. The summed E-state index contributed by atoms with van der Waals surface area (Å²) in [5, 5.41) is 7.87. The summed E-state index contributed by atoms with van der Waals surface area (Å²) in [6, 6.07) is 0. The van der Waals surface area contributed by atoms with Gasteiger partial charge in [-0.1, -0.05) is 6.42 Å². The smallest absolute Gasteiger partial charge is 0.147 e. The summed E-state index contributed by atoms with van der Waals surface area (Å²) >= 11 is 7.73. The van der Waals surface area contributed by atoms with Crippen molar-refractivity contribution in [2.24, 2.45) is 0 Å². The highest BCUT2D eigenvalue weighted by molar-refractivity contribution is 8.00. The Bertz CT molecular complexity index is 303. The van der Waals surface area contributed by atoms with Crippen LogP contribution < -0.4 is 0 Å². The summed E-state index contributed by atoms with van der Waals surface area (Å²) in [6.45, 7) is 1.00. The van der Waals surface area contributed by atoms with E-state index < -0.39 is 0 Å². The summed E-state index contributed by atoms with van der Waals surface area (Å²) in [4.78, 5) is 0. The highest BCUT2D eigenvalue weighted by Crippen LogP contribution is 2.44. The van der Waals surface area contributed by atoms with Gasteiger partial charge >= 0.3 is 0 Å². The molecule has 3 nitrogen and oxygen atoms in total. The highest BCUT2D eigenvalue weighted by atomic mass is 35.5. The van der Waals surface area contributed by atoms with E-state index in [4.69, 9.17) is 11.6 Å². The Hall–Kier alpha value is -0.220. The Labute approximate surface area is 93.2 Å². The van der Waals surface area contributed by atoms with Gasteiger partial charge in [-0.25, -0.2) is 0 Å². The zero-order chi connectivity index (χ0) is 10.0. The van der Waals surface area contributed by atoms with E-state index in [1.54, 1.807) is 6.33 Å². The van der Waals surface area contributed by atoms with Gasteiger partial charge in [-0.05, 0) is 19.1 Å². The van der Waals surface area contributed by atoms with Crippen LogP contribution in [0.15, 0.2) is 6.33 Å². The fraction of sp³-hybridized carbons (Fsp3) is 0.778. The van der Waals surface area contributed by atoms with Crippen LogP contribution >= 0.6 is 23.4 Å². The van der Waals surface area contributed by atoms with Gasteiger partial charge in [0.1, 0.15) is 12.2 Å². The molecule has 0 aliphatic heterocycles. The lowest BCUT2D eigenvalue weighted by molar-refractivity contribution is 0.319. The van der Waals surface area contributed by atoms with Gasteiger partial charge in [0, 0.05) is 11.3 Å². The number of alkyl halides is 1. The molecule has 2 rings (SSSR count). The molecule has 0 saturated heterocycles. The molecule has 1 aliphatic carbocycles. The standard InChI is InChI=1S/C9H14ClN3S/c1-14-9(3-2-4-9)6-13-7-11-12-8(13)5-10/h7H,2-6H2,1H3. The van der Waals surface area contributed by atoms with Crippen LogP contribution in [0.3, 0.4) is 0 Å². The van der Waals surface area contributed by atoms with Crippen molar-refractivity contribution in [2.75, 3.05) is 6.26 Å². The second-order valence-electron chi connectivity index (χ2n) is 3.75. The minimum atomic E-state index is 0.420. The molecule has 1 aromatic rings. The lowest BCUT2D eigenvalue weighted by Crippen LogP contribution is -2.38. The van der Waals surface area contributed by atoms with Crippen molar-refractivity contribution >= 4 is 23.4 Å². The van der Waals surface area contributed by atoms with Crippen molar-refractivity contribution in [3.05, 3.63) is 12.2 Å². The quantitative estimate of drug-likeness (QED) is 0.746. The van der Waals surface area contributed by atoms with E-state index in [1.165, 1.54) is 19.3 Å². The summed E-state index contributed by atoms with van der Waals surface area (Å²) in [7, 11) is 0. The molecule has 1 aromatic heterocycles. The number of thioether (sulfide) groups is 1. The Morgan fingerprint density at radius 3 is 2.93 bits per heavy atom. The highest BCUT2D eigenvalue weighted by Gasteiger charge is 2.36. The Morgan fingerprint density at radius 2 is 2.43 bits per heavy atom. The van der Waals surface area contributed by atoms with Crippen LogP contribution in [-0.2, 0) is 12.4 Å². The van der Waals surface area contributed by atoms with Crippen molar-refractivity contribution in [3.63, 3.8) is 0 Å². The predicted molar refractivity (Wildman–Crippen MR) is 59.7 cm³/mol. The van der Waals surface area contributed by atoms with Gasteiger partial charge in [0.2, 0.25) is 0 Å². The second-order valence-corrected chi connectivity index (χ2v) is 5.29. The molecule has 1 saturated carbocycles. The van der Waals surface area contributed by atoms with E-state index in [2.05, 4.69) is 21.0 Å². The molecule has 5 heteroatoms. The van der Waals surface area contributed by atoms with E-state index in [9.17, 15) is 0 Å². The van der Waals surface area contributed by atoms with E-state index >= 15 is 0 Å². The number of rotatable bonds is 4. The molecule has 0 spiro atoms. The maximum absolute atomic E-state index is 5.78. The maximum atomic E-state index is 5.78. The first-order chi connectivity index (χ1) is 6.79. The van der Waals surface area contributed by atoms with E-state index in [1.807, 2.05) is 11.8 Å². The van der Waals surface area contributed by atoms with Crippen molar-refractivity contribution in [3.8, 4) is 0 Å². The second kappa shape index (κ2) is 4.11. The third kappa shape index (κ3) is 1.77. The normalized spacial score (nSPS) is 19.3. The Kier molecular flexibility index (Phi) is 3.02. The molecular weight excluding hydrogens is 218 g/mol. The topological polar surface area (TPSA) is 30.7 Å². The van der Waals surface area contributed by atoms with Crippen LogP contribution in [0.25, 0.3) is 0 Å². The van der Waals surface area contributed by atoms with Gasteiger partial charge < -0.3 is 4.57 Å². The van der Waals surface area contributed by atoms with E-state index in [-0.39, 0.29) is 0 Å². The SMILES string of the molecule is CSC1(Cn2cnnc2CCl)CCC1. The van der Waals surface area contributed by atoms with Crippen LogP contribution in [0.5, 0.6) is 0 Å². The van der Waals surface area contributed by atoms with Gasteiger partial charge in [-0.15, -0.1) is 21.8 Å². The molecule has 1 heterocycles. The molecule has 0 unspecified atom stereocenters. The van der Waals surface area contributed by atoms with Gasteiger partial charge in [0.05, 0.1) is 5.88 Å². The van der Waals surface area contributed by atoms with E-state index in [0.29, 0.717) is 10.6 Å². The number of hydrogen-bond acceptors (Lipinski definition) is 3. The number of aromatic nitrogens is 3. The fourth-order valence-corrected chi connectivity index (χ4v) is 2.99. The van der Waals surface area contributed by atoms with Crippen molar-refractivity contribution in [2.45, 2.75) is 36.4 Å². The molecule has 78 valence electrons. The Balaban J connectivity index is 2.09. The number of nitrogens with zero attached hydrogens (tertiary/aromatic N) is 3. The summed E-state index contributed by atoms with van der Waals surface area (Å²) in [6.07, 6.45) is 7.92. The average Bonchev–Trinajstić information content (AvgIpc) is 2.58. The van der Waals surface area contributed by atoms with Gasteiger partial charge in [-0.2, -0.15) is 11.8 Å². The van der Waals surface area contributed by atoms with Crippen LogP contribution in [0.4, 0.5) is 0 Å². The first-order valence-corrected chi connectivity index (χ1v) is 6.53. The summed E-state index contributed by atoms with van der Waals surface area (Å²) in [5.74, 6) is 1.33. The third-order valence-electron chi connectivity index (χ3n) is 2.97. The van der Waals surface area contributed by atoms with Crippen LogP contribution in [-0.4, -0.2) is 25.8 Å². The molecule has 0 amide bonds.